The summed E-state index contributed by atoms with van der Waals surface area (Å²) in [6.45, 7) is 9.41. The van der Waals surface area contributed by atoms with Gasteiger partial charge < -0.3 is 10.6 Å². The van der Waals surface area contributed by atoms with Crippen LogP contribution in [0.4, 0.5) is 0 Å². The molecule has 2 nitrogen and oxygen atoms in total. The number of nitrogens with one attached hydrogen (secondary N) is 2. The first kappa shape index (κ1) is 14.5. The van der Waals surface area contributed by atoms with E-state index < -0.39 is 0 Å². The number of aryl methyl sites for hydroxylation is 1. The van der Waals surface area contributed by atoms with Crippen LogP contribution in [0, 0.1) is 6.92 Å². The molecule has 96 valence electrons. The molecule has 0 saturated carbocycles. The van der Waals surface area contributed by atoms with E-state index in [0.717, 1.165) is 24.7 Å². The Bertz CT molecular complexity index is 319. The number of halogens is 1. The van der Waals surface area contributed by atoms with Gasteiger partial charge in [-0.25, -0.2) is 0 Å². The lowest BCUT2D eigenvalue weighted by Gasteiger charge is -2.15. The van der Waals surface area contributed by atoms with Crippen molar-refractivity contribution in [2.75, 3.05) is 13.1 Å². The second kappa shape index (κ2) is 7.70. The minimum Gasteiger partial charge on any atom is -0.315 e. The molecule has 1 unspecified atom stereocenters. The maximum Gasteiger partial charge on any atom is 0.0411 e. The minimum atomic E-state index is 0.473. The third-order valence-corrected chi connectivity index (χ3v) is 2.85. The predicted octanol–water partition coefficient (Wildman–Crippen LogP) is 3.13. The summed E-state index contributed by atoms with van der Waals surface area (Å²) in [7, 11) is 0. The van der Waals surface area contributed by atoms with Gasteiger partial charge in [0.25, 0.3) is 0 Å². The number of hydrogen-bond donors (Lipinski definition) is 2. The SMILES string of the molecule is CCCNCC(C)NCc1cc(C)cc(Cl)c1. The Labute approximate surface area is 110 Å². The fourth-order valence-corrected chi connectivity index (χ4v) is 2.09. The topological polar surface area (TPSA) is 24.1 Å². The first-order valence-electron chi connectivity index (χ1n) is 6.32. The molecule has 0 bridgehead atoms. The largest absolute Gasteiger partial charge is 0.315 e. The monoisotopic (exact) mass is 254 g/mol. The zero-order valence-electron chi connectivity index (χ0n) is 11.0. The molecule has 3 heteroatoms. The van der Waals surface area contributed by atoms with Crippen LogP contribution in [0.25, 0.3) is 0 Å². The summed E-state index contributed by atoms with van der Waals surface area (Å²) in [5.74, 6) is 0. The van der Waals surface area contributed by atoms with Gasteiger partial charge >= 0.3 is 0 Å². The Morgan fingerprint density at radius 2 is 2.06 bits per heavy atom. The maximum absolute atomic E-state index is 6.03. The first-order valence-corrected chi connectivity index (χ1v) is 6.69. The first-order chi connectivity index (χ1) is 8.11. The zero-order valence-corrected chi connectivity index (χ0v) is 11.8. The molecular formula is C14H23ClN2. The Morgan fingerprint density at radius 3 is 2.71 bits per heavy atom. The van der Waals surface area contributed by atoms with E-state index in [0.29, 0.717) is 6.04 Å². The molecule has 17 heavy (non-hydrogen) atoms. The van der Waals surface area contributed by atoms with Crippen LogP contribution >= 0.6 is 11.6 Å². The molecule has 0 fully saturated rings. The Balaban J connectivity index is 2.34. The predicted molar refractivity (Wildman–Crippen MR) is 75.7 cm³/mol. The highest BCUT2D eigenvalue weighted by molar-refractivity contribution is 6.30. The van der Waals surface area contributed by atoms with Crippen molar-refractivity contribution in [3.8, 4) is 0 Å². The number of benzene rings is 1. The third-order valence-electron chi connectivity index (χ3n) is 2.63. The van der Waals surface area contributed by atoms with Gasteiger partial charge in [-0.15, -0.1) is 0 Å². The summed E-state index contributed by atoms with van der Waals surface area (Å²) in [6.07, 6.45) is 1.18. The van der Waals surface area contributed by atoms with E-state index in [4.69, 9.17) is 11.6 Å². The molecular weight excluding hydrogens is 232 g/mol. The van der Waals surface area contributed by atoms with Crippen molar-refractivity contribution < 1.29 is 0 Å². The number of rotatable bonds is 7. The highest BCUT2D eigenvalue weighted by Gasteiger charge is 2.02. The minimum absolute atomic E-state index is 0.473. The van der Waals surface area contributed by atoms with Gasteiger partial charge in [-0.2, -0.15) is 0 Å². The summed E-state index contributed by atoms with van der Waals surface area (Å²) in [4.78, 5) is 0. The molecule has 1 aromatic rings. The van der Waals surface area contributed by atoms with E-state index in [1.165, 1.54) is 17.5 Å². The van der Waals surface area contributed by atoms with Gasteiger partial charge in [0, 0.05) is 24.2 Å². The van der Waals surface area contributed by atoms with E-state index >= 15 is 0 Å². The smallest absolute Gasteiger partial charge is 0.0411 e. The second-order valence-electron chi connectivity index (χ2n) is 4.62. The highest BCUT2D eigenvalue weighted by Crippen LogP contribution is 2.14. The van der Waals surface area contributed by atoms with Crippen LogP contribution in [0.15, 0.2) is 18.2 Å². The number of hydrogen-bond acceptors (Lipinski definition) is 2. The van der Waals surface area contributed by atoms with Crippen LogP contribution in [0.1, 0.15) is 31.4 Å². The van der Waals surface area contributed by atoms with Gasteiger partial charge in [0.2, 0.25) is 0 Å². The lowest BCUT2D eigenvalue weighted by Crippen LogP contribution is -2.36. The zero-order chi connectivity index (χ0) is 12.7. The van der Waals surface area contributed by atoms with Gasteiger partial charge in [0.05, 0.1) is 0 Å². The van der Waals surface area contributed by atoms with Crippen molar-refractivity contribution in [1.29, 1.82) is 0 Å². The summed E-state index contributed by atoms with van der Waals surface area (Å²) in [5, 5.41) is 7.71. The van der Waals surface area contributed by atoms with Crippen molar-refractivity contribution >= 4 is 11.6 Å². The van der Waals surface area contributed by atoms with Crippen LogP contribution < -0.4 is 10.6 Å². The fourth-order valence-electron chi connectivity index (χ4n) is 1.77. The van der Waals surface area contributed by atoms with Crippen LogP contribution in [-0.4, -0.2) is 19.1 Å². The van der Waals surface area contributed by atoms with Crippen LogP contribution in [0.3, 0.4) is 0 Å². The van der Waals surface area contributed by atoms with Crippen molar-refractivity contribution in [1.82, 2.24) is 10.6 Å². The van der Waals surface area contributed by atoms with Gasteiger partial charge in [0.1, 0.15) is 0 Å². The van der Waals surface area contributed by atoms with Crippen LogP contribution in [0.5, 0.6) is 0 Å². The van der Waals surface area contributed by atoms with Crippen molar-refractivity contribution in [3.63, 3.8) is 0 Å². The molecule has 0 aliphatic rings. The van der Waals surface area contributed by atoms with E-state index in [-0.39, 0.29) is 0 Å². The molecule has 1 atom stereocenters. The van der Waals surface area contributed by atoms with Crippen LogP contribution in [-0.2, 0) is 6.54 Å². The molecule has 0 aromatic heterocycles. The van der Waals surface area contributed by atoms with Gasteiger partial charge in [-0.05, 0) is 50.1 Å². The van der Waals surface area contributed by atoms with Gasteiger partial charge in [-0.3, -0.25) is 0 Å². The quantitative estimate of drug-likeness (QED) is 0.731. The highest BCUT2D eigenvalue weighted by atomic mass is 35.5. The van der Waals surface area contributed by atoms with Gasteiger partial charge in [-0.1, -0.05) is 24.6 Å². The Morgan fingerprint density at radius 1 is 1.29 bits per heavy atom. The summed E-state index contributed by atoms with van der Waals surface area (Å²) >= 11 is 6.03. The van der Waals surface area contributed by atoms with E-state index in [1.54, 1.807) is 0 Å². The lowest BCUT2D eigenvalue weighted by molar-refractivity contribution is 0.501. The normalized spacial score (nSPS) is 12.7. The van der Waals surface area contributed by atoms with Crippen molar-refractivity contribution in [2.24, 2.45) is 0 Å². The maximum atomic E-state index is 6.03. The Kier molecular flexibility index (Phi) is 6.56. The Hall–Kier alpha value is -0.570. The molecule has 2 N–H and O–H groups in total. The summed E-state index contributed by atoms with van der Waals surface area (Å²) < 4.78 is 0. The van der Waals surface area contributed by atoms with Gasteiger partial charge in [0.15, 0.2) is 0 Å². The summed E-state index contributed by atoms with van der Waals surface area (Å²) in [5.41, 5.74) is 2.46. The lowest BCUT2D eigenvalue weighted by atomic mass is 10.1. The van der Waals surface area contributed by atoms with Crippen molar-refractivity contribution in [3.05, 3.63) is 34.3 Å². The third kappa shape index (κ3) is 6.06. The molecule has 0 saturated heterocycles. The molecule has 1 rings (SSSR count). The average Bonchev–Trinajstić information content (AvgIpc) is 2.25. The average molecular weight is 255 g/mol. The molecule has 0 radical (unpaired) electrons. The molecule has 0 aliphatic carbocycles. The van der Waals surface area contributed by atoms with E-state index in [1.807, 2.05) is 12.1 Å². The molecule has 0 heterocycles. The molecule has 0 aliphatic heterocycles. The van der Waals surface area contributed by atoms with Crippen LogP contribution in [0.2, 0.25) is 5.02 Å². The van der Waals surface area contributed by atoms with Crippen molar-refractivity contribution in [2.45, 2.75) is 39.8 Å². The molecule has 0 spiro atoms. The molecule has 0 amide bonds. The standard InChI is InChI=1S/C14H23ClN2/c1-4-5-16-9-12(3)17-10-13-6-11(2)7-14(15)8-13/h6-8,12,16-17H,4-5,9-10H2,1-3H3. The molecule has 1 aromatic carbocycles. The van der Waals surface area contributed by atoms with E-state index in [2.05, 4.69) is 37.5 Å². The van der Waals surface area contributed by atoms with E-state index in [9.17, 15) is 0 Å². The second-order valence-corrected chi connectivity index (χ2v) is 5.06. The summed E-state index contributed by atoms with van der Waals surface area (Å²) in [6, 6.07) is 6.65. The fraction of sp³-hybridized carbons (Fsp3) is 0.571.